The molecule has 0 fully saturated rings. The molecule has 114 valence electrons. The third-order valence-corrected chi connectivity index (χ3v) is 5.30. The largest absolute Gasteiger partial charge is 0.548 e. The van der Waals surface area contributed by atoms with Gasteiger partial charge in [-0.3, -0.25) is 0 Å². The summed E-state index contributed by atoms with van der Waals surface area (Å²) in [6.45, 7) is 3.42. The number of hydrogen-bond acceptors (Lipinski definition) is 7. The number of nitrogens with zero attached hydrogens (tertiary/aromatic N) is 2. The van der Waals surface area contributed by atoms with Crippen LogP contribution < -0.4 is 9.83 Å². The first kappa shape index (κ1) is 15.8. The van der Waals surface area contributed by atoms with Gasteiger partial charge in [-0.1, -0.05) is 26.3 Å². The van der Waals surface area contributed by atoms with Crippen LogP contribution in [0.3, 0.4) is 0 Å². The number of benzene rings is 1. The minimum Gasteiger partial charge on any atom is -0.548 e. The number of carbonyl (C=O) groups is 1. The van der Waals surface area contributed by atoms with Gasteiger partial charge >= 0.3 is 0 Å². The van der Waals surface area contributed by atoms with E-state index in [2.05, 4.69) is 13.5 Å². The van der Waals surface area contributed by atoms with Crippen LogP contribution in [0.2, 0.25) is 0 Å². The average Bonchev–Trinajstić information content (AvgIpc) is 2.91. The molecule has 1 aromatic heterocycles. The van der Waals surface area contributed by atoms with E-state index in [0.717, 1.165) is 11.7 Å². The van der Waals surface area contributed by atoms with Gasteiger partial charge in [-0.25, -0.2) is 13.1 Å². The highest BCUT2D eigenvalue weighted by Gasteiger charge is 2.26. The van der Waals surface area contributed by atoms with Gasteiger partial charge in [0.15, 0.2) is 0 Å². The lowest BCUT2D eigenvalue weighted by atomic mass is 10.0. The molecule has 0 aliphatic rings. The fourth-order valence-electron chi connectivity index (χ4n) is 1.86. The summed E-state index contributed by atoms with van der Waals surface area (Å²) in [5, 5.41) is 11.2. The van der Waals surface area contributed by atoms with Gasteiger partial charge in [0.25, 0.3) is 0 Å². The number of carboxylic acids is 1. The first-order valence-corrected chi connectivity index (χ1v) is 8.52. The zero-order valence-corrected chi connectivity index (χ0v) is 13.1. The van der Waals surface area contributed by atoms with Crippen molar-refractivity contribution < 1.29 is 18.3 Å². The van der Waals surface area contributed by atoms with Gasteiger partial charge in [0.1, 0.15) is 15.9 Å². The smallest absolute Gasteiger partial charge is 0.243 e. The van der Waals surface area contributed by atoms with Crippen LogP contribution in [0.25, 0.3) is 11.0 Å². The fraction of sp³-hybridized carbons (Fsp3) is 0.417. The predicted molar refractivity (Wildman–Crippen MR) is 76.0 cm³/mol. The SMILES string of the molecule is CC[C@@H](C)[C@H](NS(=O)(=O)c1cccc2nsnc12)C(=O)[O-]. The second kappa shape index (κ2) is 6.04. The van der Waals surface area contributed by atoms with Gasteiger partial charge in [-0.2, -0.15) is 8.75 Å². The predicted octanol–water partition coefficient (Wildman–Crippen LogP) is 0.134. The van der Waals surface area contributed by atoms with Crippen LogP contribution in [0, 0.1) is 5.92 Å². The monoisotopic (exact) mass is 328 g/mol. The van der Waals surface area contributed by atoms with Crippen LogP contribution in [0.5, 0.6) is 0 Å². The molecule has 0 saturated carbocycles. The summed E-state index contributed by atoms with van der Waals surface area (Å²) in [7, 11) is -4.02. The Kier molecular flexibility index (Phi) is 4.55. The first-order chi connectivity index (χ1) is 9.86. The van der Waals surface area contributed by atoms with E-state index in [0.29, 0.717) is 11.9 Å². The summed E-state index contributed by atoms with van der Waals surface area (Å²) in [6, 6.07) is 3.26. The van der Waals surface area contributed by atoms with Gasteiger partial charge in [0.2, 0.25) is 10.0 Å². The Morgan fingerprint density at radius 1 is 1.43 bits per heavy atom. The maximum atomic E-state index is 12.4. The second-order valence-corrected chi connectivity index (χ2v) is 6.90. The Labute approximate surface area is 126 Å². The van der Waals surface area contributed by atoms with Crippen molar-refractivity contribution in [2.45, 2.75) is 31.2 Å². The van der Waals surface area contributed by atoms with E-state index in [1.165, 1.54) is 12.1 Å². The van der Waals surface area contributed by atoms with E-state index >= 15 is 0 Å². The van der Waals surface area contributed by atoms with Gasteiger partial charge in [-0.05, 0) is 18.1 Å². The van der Waals surface area contributed by atoms with Crippen molar-refractivity contribution in [3.8, 4) is 0 Å². The van der Waals surface area contributed by atoms with Gasteiger partial charge in [0.05, 0.1) is 23.7 Å². The lowest BCUT2D eigenvalue weighted by Crippen LogP contribution is -2.51. The molecular weight excluding hydrogens is 314 g/mol. The molecule has 0 aliphatic heterocycles. The number of nitrogens with one attached hydrogen (secondary N) is 1. The highest BCUT2D eigenvalue weighted by molar-refractivity contribution is 7.89. The quantitative estimate of drug-likeness (QED) is 0.807. The number of carboxylic acid groups (broad SMARTS) is 1. The Morgan fingerprint density at radius 3 is 2.76 bits per heavy atom. The molecule has 2 atom stereocenters. The Balaban J connectivity index is 2.42. The number of aromatic nitrogens is 2. The maximum Gasteiger partial charge on any atom is 0.243 e. The lowest BCUT2D eigenvalue weighted by Gasteiger charge is -2.24. The molecule has 1 aromatic carbocycles. The Hall–Kier alpha value is -1.58. The standard InChI is InChI=1S/C12H15N3O4S2/c1-3-7(2)10(12(16)17)15-21(18,19)9-6-4-5-8-11(9)14-20-13-8/h4-7,10,15H,3H2,1-2H3,(H,16,17)/p-1/t7-,10+/m1/s1. The molecule has 0 spiro atoms. The molecule has 1 N–H and O–H groups in total. The number of rotatable bonds is 6. The van der Waals surface area contributed by atoms with Crippen LogP contribution in [0.4, 0.5) is 0 Å². The molecule has 9 heteroatoms. The number of hydrogen-bond donors (Lipinski definition) is 1. The highest BCUT2D eigenvalue weighted by atomic mass is 32.2. The van der Waals surface area contributed by atoms with Crippen LogP contribution in [-0.4, -0.2) is 29.2 Å². The van der Waals surface area contributed by atoms with Crippen molar-refractivity contribution in [1.29, 1.82) is 0 Å². The summed E-state index contributed by atoms with van der Waals surface area (Å²) in [5.41, 5.74) is 0.688. The van der Waals surface area contributed by atoms with Gasteiger partial charge < -0.3 is 9.90 Å². The van der Waals surface area contributed by atoms with E-state index in [9.17, 15) is 18.3 Å². The number of fused-ring (bicyclic) bond motifs is 1. The summed E-state index contributed by atoms with van der Waals surface area (Å²) < 4.78 is 34.9. The Bertz CT molecular complexity index is 757. The molecule has 0 saturated heterocycles. The third kappa shape index (κ3) is 3.20. The molecule has 1 heterocycles. The molecule has 0 bridgehead atoms. The average molecular weight is 328 g/mol. The molecule has 7 nitrogen and oxygen atoms in total. The van der Waals surface area contributed by atoms with Crippen LogP contribution in [0.1, 0.15) is 20.3 Å². The number of aliphatic carboxylic acids is 1. The molecular formula is C12H14N3O4S2-. The summed E-state index contributed by atoms with van der Waals surface area (Å²) in [5.74, 6) is -1.84. The van der Waals surface area contributed by atoms with E-state index in [1.54, 1.807) is 19.9 Å². The topological polar surface area (TPSA) is 112 Å². The molecule has 0 radical (unpaired) electrons. The second-order valence-electron chi connectivity index (χ2n) is 4.69. The van der Waals surface area contributed by atoms with Crippen molar-refractivity contribution in [1.82, 2.24) is 13.5 Å². The zero-order chi connectivity index (χ0) is 15.6. The minimum absolute atomic E-state index is 0.0803. The van der Waals surface area contributed by atoms with Crippen LogP contribution in [0.15, 0.2) is 23.1 Å². The fourth-order valence-corrected chi connectivity index (χ4v) is 3.92. The minimum atomic E-state index is -4.02. The van der Waals surface area contributed by atoms with Crippen molar-refractivity contribution in [2.75, 3.05) is 0 Å². The van der Waals surface area contributed by atoms with Crippen molar-refractivity contribution >= 4 is 38.8 Å². The Morgan fingerprint density at radius 2 is 2.14 bits per heavy atom. The number of carbonyl (C=O) groups excluding carboxylic acids is 1. The van der Waals surface area contributed by atoms with Crippen molar-refractivity contribution in [3.63, 3.8) is 0 Å². The van der Waals surface area contributed by atoms with Crippen molar-refractivity contribution in [2.24, 2.45) is 5.92 Å². The summed E-state index contributed by atoms with van der Waals surface area (Å²) in [6.07, 6.45) is 0.504. The molecule has 21 heavy (non-hydrogen) atoms. The molecule has 0 amide bonds. The van der Waals surface area contributed by atoms with E-state index in [1.807, 2.05) is 0 Å². The summed E-state index contributed by atoms with van der Waals surface area (Å²) >= 11 is 0.898. The first-order valence-electron chi connectivity index (χ1n) is 6.31. The molecule has 0 unspecified atom stereocenters. The summed E-state index contributed by atoms with van der Waals surface area (Å²) in [4.78, 5) is 11.1. The van der Waals surface area contributed by atoms with Crippen LogP contribution in [-0.2, 0) is 14.8 Å². The molecule has 0 aliphatic carbocycles. The van der Waals surface area contributed by atoms with Crippen LogP contribution >= 0.6 is 11.7 Å². The van der Waals surface area contributed by atoms with E-state index in [4.69, 9.17) is 0 Å². The van der Waals surface area contributed by atoms with E-state index < -0.39 is 28.0 Å². The number of sulfonamides is 1. The zero-order valence-electron chi connectivity index (χ0n) is 11.4. The lowest BCUT2D eigenvalue weighted by molar-refractivity contribution is -0.309. The molecule has 2 aromatic rings. The third-order valence-electron chi connectivity index (χ3n) is 3.29. The van der Waals surface area contributed by atoms with Crippen molar-refractivity contribution in [3.05, 3.63) is 18.2 Å². The van der Waals surface area contributed by atoms with Gasteiger partial charge in [-0.15, -0.1) is 0 Å². The normalized spacial score (nSPS) is 15.0. The van der Waals surface area contributed by atoms with E-state index in [-0.39, 0.29) is 10.4 Å². The highest BCUT2D eigenvalue weighted by Crippen LogP contribution is 2.22. The maximum absolute atomic E-state index is 12.4. The molecule has 2 rings (SSSR count). The van der Waals surface area contributed by atoms with Gasteiger partial charge in [0, 0.05) is 0 Å².